The minimum Gasteiger partial charge on any atom is -0.350 e. The molecule has 19 heavy (non-hydrogen) atoms. The molecule has 1 aromatic rings. The fraction of sp³-hybridized carbons (Fsp3) is 0.167. The number of nitrogens with one attached hydrogen (secondary N) is 1. The van der Waals surface area contributed by atoms with Crippen molar-refractivity contribution in [2.75, 3.05) is 0 Å². The van der Waals surface area contributed by atoms with Crippen molar-refractivity contribution in [2.45, 2.75) is 11.3 Å². The van der Waals surface area contributed by atoms with Gasteiger partial charge in [-0.05, 0) is 24.3 Å². The van der Waals surface area contributed by atoms with Crippen LogP contribution in [0.1, 0.15) is 0 Å². The number of nitrogens with zero attached hydrogens (tertiary/aromatic N) is 2. The number of azo groups is 1. The number of benzene rings is 1. The van der Waals surface area contributed by atoms with Gasteiger partial charge >= 0.3 is 6.18 Å². The highest BCUT2D eigenvalue weighted by Gasteiger charge is 2.36. The van der Waals surface area contributed by atoms with Gasteiger partial charge in [0.05, 0.1) is 11.3 Å². The van der Waals surface area contributed by atoms with E-state index < -0.39 is 16.9 Å². The third-order valence-corrected chi connectivity index (χ3v) is 2.62. The van der Waals surface area contributed by atoms with Crippen molar-refractivity contribution in [2.24, 2.45) is 10.2 Å². The van der Waals surface area contributed by atoms with E-state index in [1.54, 1.807) is 24.3 Å². The molecule has 0 amide bonds. The van der Waals surface area contributed by atoms with Gasteiger partial charge in [-0.2, -0.15) is 18.3 Å². The summed E-state index contributed by atoms with van der Waals surface area (Å²) in [7, 11) is 0. The summed E-state index contributed by atoms with van der Waals surface area (Å²) < 4.78 is 37.2. The van der Waals surface area contributed by atoms with Crippen molar-refractivity contribution in [3.05, 3.63) is 54.3 Å². The van der Waals surface area contributed by atoms with E-state index in [4.69, 9.17) is 11.6 Å². The topological polar surface area (TPSA) is 36.8 Å². The maximum absolute atomic E-state index is 12.4. The van der Waals surface area contributed by atoms with Crippen molar-refractivity contribution in [3.63, 3.8) is 0 Å². The van der Waals surface area contributed by atoms with Crippen LogP contribution in [0, 0.1) is 0 Å². The molecule has 0 fully saturated rings. The second-order valence-corrected chi connectivity index (χ2v) is 4.36. The smallest absolute Gasteiger partial charge is 0.350 e. The first-order valence-electron chi connectivity index (χ1n) is 5.30. The van der Waals surface area contributed by atoms with Gasteiger partial charge in [0, 0.05) is 6.20 Å². The molecular formula is C12H9ClF3N3. The second kappa shape index (κ2) is 5.05. The van der Waals surface area contributed by atoms with Crippen molar-refractivity contribution >= 4 is 17.3 Å². The third kappa shape index (κ3) is 3.57. The van der Waals surface area contributed by atoms with Crippen LogP contribution in [0.4, 0.5) is 18.9 Å². The van der Waals surface area contributed by atoms with E-state index in [-0.39, 0.29) is 0 Å². The monoisotopic (exact) mass is 287 g/mol. The second-order valence-electron chi connectivity index (χ2n) is 3.78. The molecule has 0 bridgehead atoms. The van der Waals surface area contributed by atoms with Crippen LogP contribution in [0.5, 0.6) is 0 Å². The predicted octanol–water partition coefficient (Wildman–Crippen LogP) is 4.27. The molecule has 1 aliphatic heterocycles. The lowest BCUT2D eigenvalue weighted by molar-refractivity contribution is -0.0888. The molecule has 1 aromatic carbocycles. The van der Waals surface area contributed by atoms with Crippen LogP contribution < -0.4 is 5.32 Å². The number of hydrogen-bond acceptors (Lipinski definition) is 3. The van der Waals surface area contributed by atoms with Crippen molar-refractivity contribution in [3.8, 4) is 0 Å². The summed E-state index contributed by atoms with van der Waals surface area (Å²) in [6.07, 6.45) is -1.67. The lowest BCUT2D eigenvalue weighted by atomic mass is 10.2. The molecule has 1 atom stereocenters. The highest BCUT2D eigenvalue weighted by molar-refractivity contribution is 6.24. The van der Waals surface area contributed by atoms with Crippen LogP contribution in [0.3, 0.4) is 0 Å². The molecule has 0 aromatic heterocycles. The SMILES string of the molecule is FC(F)(F)C1=CNC(Cl)(N=Nc2ccccc2)C=C1. The van der Waals surface area contributed by atoms with Crippen molar-refractivity contribution < 1.29 is 13.2 Å². The molecule has 0 aliphatic carbocycles. The number of halogens is 4. The lowest BCUT2D eigenvalue weighted by Crippen LogP contribution is -2.35. The summed E-state index contributed by atoms with van der Waals surface area (Å²) in [6, 6.07) is 8.75. The summed E-state index contributed by atoms with van der Waals surface area (Å²) in [4.78, 5) is 0. The first-order valence-corrected chi connectivity index (χ1v) is 5.68. The van der Waals surface area contributed by atoms with Crippen LogP contribution in [-0.2, 0) is 0 Å². The van der Waals surface area contributed by atoms with E-state index in [2.05, 4.69) is 15.5 Å². The van der Waals surface area contributed by atoms with E-state index in [9.17, 15) is 13.2 Å². The number of rotatable bonds is 2. The normalized spacial score (nSPS) is 23.3. The van der Waals surface area contributed by atoms with E-state index in [0.29, 0.717) is 5.69 Å². The minimum atomic E-state index is -4.42. The highest BCUT2D eigenvalue weighted by atomic mass is 35.5. The zero-order valence-electron chi connectivity index (χ0n) is 9.53. The molecule has 1 unspecified atom stereocenters. The lowest BCUT2D eigenvalue weighted by Gasteiger charge is -2.22. The Kier molecular flexibility index (Phi) is 3.61. The molecule has 1 N–H and O–H groups in total. The van der Waals surface area contributed by atoms with Gasteiger partial charge in [0.2, 0.25) is 5.12 Å². The Balaban J connectivity index is 2.10. The highest BCUT2D eigenvalue weighted by Crippen LogP contribution is 2.31. The number of alkyl halides is 4. The van der Waals surface area contributed by atoms with E-state index in [1.807, 2.05) is 6.07 Å². The van der Waals surface area contributed by atoms with Gasteiger partial charge in [0.1, 0.15) is 0 Å². The molecule has 3 nitrogen and oxygen atoms in total. The Morgan fingerprint density at radius 3 is 2.37 bits per heavy atom. The average Bonchev–Trinajstić information content (AvgIpc) is 2.37. The van der Waals surface area contributed by atoms with Crippen LogP contribution in [0.2, 0.25) is 0 Å². The van der Waals surface area contributed by atoms with Gasteiger partial charge in [0.15, 0.2) is 0 Å². The van der Waals surface area contributed by atoms with E-state index in [0.717, 1.165) is 18.4 Å². The van der Waals surface area contributed by atoms with Gasteiger partial charge in [0.25, 0.3) is 0 Å². The fourth-order valence-corrected chi connectivity index (χ4v) is 1.49. The minimum absolute atomic E-state index is 0.559. The van der Waals surface area contributed by atoms with E-state index in [1.165, 1.54) is 0 Å². The molecule has 1 heterocycles. The molecule has 2 rings (SSSR count). The molecule has 100 valence electrons. The standard InChI is InChI=1S/C12H9ClF3N3/c13-11(19-18-10-4-2-1-3-5-10)7-6-9(8-17-11)12(14,15)16/h1-8,17H. The maximum atomic E-state index is 12.4. The van der Waals surface area contributed by atoms with Gasteiger partial charge in [-0.15, -0.1) is 5.11 Å². The Morgan fingerprint density at radius 1 is 1.16 bits per heavy atom. The zero-order valence-corrected chi connectivity index (χ0v) is 10.3. The number of hydrogen-bond donors (Lipinski definition) is 1. The first-order chi connectivity index (χ1) is 8.89. The largest absolute Gasteiger partial charge is 0.417 e. The quantitative estimate of drug-likeness (QED) is 0.492. The predicted molar refractivity (Wildman–Crippen MR) is 66.0 cm³/mol. The summed E-state index contributed by atoms with van der Waals surface area (Å²) in [5.41, 5.74) is -0.262. The molecule has 0 radical (unpaired) electrons. The average molecular weight is 288 g/mol. The van der Waals surface area contributed by atoms with Gasteiger partial charge < -0.3 is 5.32 Å². The van der Waals surface area contributed by atoms with Crippen molar-refractivity contribution in [1.82, 2.24) is 5.32 Å². The summed E-state index contributed by atoms with van der Waals surface area (Å²) in [6.45, 7) is 0. The number of allylic oxidation sites excluding steroid dienone is 2. The first kappa shape index (κ1) is 13.6. The molecule has 0 saturated carbocycles. The summed E-state index contributed by atoms with van der Waals surface area (Å²) in [5.74, 6) is 0. The molecule has 0 saturated heterocycles. The Bertz CT molecular complexity index is 537. The summed E-state index contributed by atoms with van der Waals surface area (Å²) >= 11 is 5.97. The Labute approximate surface area is 112 Å². The maximum Gasteiger partial charge on any atom is 0.417 e. The molecule has 7 heteroatoms. The van der Waals surface area contributed by atoms with E-state index >= 15 is 0 Å². The van der Waals surface area contributed by atoms with Crippen LogP contribution >= 0.6 is 11.6 Å². The van der Waals surface area contributed by atoms with Crippen molar-refractivity contribution in [1.29, 1.82) is 0 Å². The van der Waals surface area contributed by atoms with Gasteiger partial charge in [-0.1, -0.05) is 29.8 Å². The Hall–Kier alpha value is -1.82. The number of dihydropyridines is 1. The zero-order chi connectivity index (χ0) is 13.9. The van der Waals surface area contributed by atoms with Gasteiger partial charge in [-0.25, -0.2) is 0 Å². The summed E-state index contributed by atoms with van der Waals surface area (Å²) in [5, 5.41) is 8.50. The third-order valence-electron chi connectivity index (χ3n) is 2.31. The fourth-order valence-electron chi connectivity index (χ4n) is 1.34. The van der Waals surface area contributed by atoms with Crippen LogP contribution in [0.25, 0.3) is 0 Å². The molecular weight excluding hydrogens is 279 g/mol. The van der Waals surface area contributed by atoms with Crippen LogP contribution in [-0.4, -0.2) is 11.3 Å². The van der Waals surface area contributed by atoms with Crippen LogP contribution in [0.15, 0.2) is 64.5 Å². The molecule has 0 spiro atoms. The molecule has 1 aliphatic rings. The Morgan fingerprint density at radius 2 is 1.84 bits per heavy atom. The van der Waals surface area contributed by atoms with Gasteiger partial charge in [-0.3, -0.25) is 0 Å².